The van der Waals surface area contributed by atoms with Crippen LogP contribution in [0.15, 0.2) is 24.5 Å². The number of rotatable bonds is 4. The molecule has 1 N–H and O–H groups in total. The van der Waals surface area contributed by atoms with E-state index in [2.05, 4.69) is 23.3 Å². The summed E-state index contributed by atoms with van der Waals surface area (Å²) in [6, 6.07) is 4.22. The van der Waals surface area contributed by atoms with Crippen LogP contribution >= 0.6 is 0 Å². The van der Waals surface area contributed by atoms with Crippen molar-refractivity contribution in [1.82, 2.24) is 10.3 Å². The summed E-state index contributed by atoms with van der Waals surface area (Å²) in [5.41, 5.74) is 1.72. The van der Waals surface area contributed by atoms with Crippen LogP contribution in [0, 0.1) is 0 Å². The molecule has 1 aromatic rings. The van der Waals surface area contributed by atoms with Crippen molar-refractivity contribution in [2.24, 2.45) is 0 Å². The minimum Gasteiger partial charge on any atom is -0.311 e. The molecule has 1 fully saturated rings. The lowest BCUT2D eigenvalue weighted by atomic mass is 9.86. The van der Waals surface area contributed by atoms with E-state index in [4.69, 9.17) is 0 Å². The third-order valence-corrected chi connectivity index (χ3v) is 3.33. The van der Waals surface area contributed by atoms with Crippen molar-refractivity contribution in [3.63, 3.8) is 0 Å². The van der Waals surface area contributed by atoms with E-state index in [9.17, 15) is 0 Å². The highest BCUT2D eigenvalue weighted by atomic mass is 15.0. The SMILES string of the molecule is CCCC1(Cc2cccnc2)CCCN1. The summed E-state index contributed by atoms with van der Waals surface area (Å²) >= 11 is 0. The van der Waals surface area contributed by atoms with Gasteiger partial charge in [0.25, 0.3) is 0 Å². The first-order valence-corrected chi connectivity index (χ1v) is 5.99. The van der Waals surface area contributed by atoms with Crippen molar-refractivity contribution >= 4 is 0 Å². The van der Waals surface area contributed by atoms with Crippen molar-refractivity contribution in [2.45, 2.75) is 44.6 Å². The Morgan fingerprint density at radius 3 is 3.07 bits per heavy atom. The van der Waals surface area contributed by atoms with Crippen molar-refractivity contribution in [2.75, 3.05) is 6.54 Å². The van der Waals surface area contributed by atoms with Crippen LogP contribution in [-0.2, 0) is 6.42 Å². The first-order valence-electron chi connectivity index (χ1n) is 5.99. The Kier molecular flexibility index (Phi) is 3.37. The van der Waals surface area contributed by atoms with Gasteiger partial charge in [0.2, 0.25) is 0 Å². The lowest BCUT2D eigenvalue weighted by Crippen LogP contribution is -2.41. The van der Waals surface area contributed by atoms with Crippen LogP contribution in [0.2, 0.25) is 0 Å². The summed E-state index contributed by atoms with van der Waals surface area (Å²) in [6.45, 7) is 3.45. The van der Waals surface area contributed by atoms with Gasteiger partial charge in [-0.2, -0.15) is 0 Å². The quantitative estimate of drug-likeness (QED) is 0.815. The molecule has 0 amide bonds. The Balaban J connectivity index is 2.07. The zero-order chi connectivity index (χ0) is 10.6. The largest absolute Gasteiger partial charge is 0.311 e. The first-order chi connectivity index (χ1) is 7.35. The molecule has 1 unspecified atom stereocenters. The number of hydrogen-bond donors (Lipinski definition) is 1. The van der Waals surface area contributed by atoms with Crippen LogP contribution in [0.3, 0.4) is 0 Å². The van der Waals surface area contributed by atoms with Crippen molar-refractivity contribution < 1.29 is 0 Å². The zero-order valence-electron chi connectivity index (χ0n) is 9.50. The van der Waals surface area contributed by atoms with Crippen LogP contribution in [0.4, 0.5) is 0 Å². The van der Waals surface area contributed by atoms with Gasteiger partial charge in [0.05, 0.1) is 0 Å². The van der Waals surface area contributed by atoms with Crippen LogP contribution in [-0.4, -0.2) is 17.1 Å². The molecule has 1 saturated heterocycles. The average Bonchev–Trinajstić information content (AvgIpc) is 2.69. The van der Waals surface area contributed by atoms with E-state index in [1.807, 2.05) is 18.5 Å². The van der Waals surface area contributed by atoms with Gasteiger partial charge in [0.1, 0.15) is 0 Å². The van der Waals surface area contributed by atoms with Gasteiger partial charge < -0.3 is 5.32 Å². The topological polar surface area (TPSA) is 24.9 Å². The summed E-state index contributed by atoms with van der Waals surface area (Å²) < 4.78 is 0. The van der Waals surface area contributed by atoms with Gasteiger partial charge in [0, 0.05) is 17.9 Å². The highest BCUT2D eigenvalue weighted by molar-refractivity contribution is 5.14. The van der Waals surface area contributed by atoms with Crippen molar-refractivity contribution in [3.05, 3.63) is 30.1 Å². The maximum absolute atomic E-state index is 4.19. The fourth-order valence-electron chi connectivity index (χ4n) is 2.69. The molecule has 0 saturated carbocycles. The fourth-order valence-corrected chi connectivity index (χ4v) is 2.69. The number of nitrogens with zero attached hydrogens (tertiary/aromatic N) is 1. The number of hydrogen-bond acceptors (Lipinski definition) is 2. The molecule has 0 aromatic carbocycles. The van der Waals surface area contributed by atoms with Crippen LogP contribution in [0.25, 0.3) is 0 Å². The minimum absolute atomic E-state index is 0.359. The van der Waals surface area contributed by atoms with E-state index >= 15 is 0 Å². The summed E-state index contributed by atoms with van der Waals surface area (Å²) in [5.74, 6) is 0. The maximum Gasteiger partial charge on any atom is 0.0300 e. The van der Waals surface area contributed by atoms with Gasteiger partial charge >= 0.3 is 0 Å². The molecule has 0 aliphatic carbocycles. The molecule has 2 heterocycles. The molecule has 2 heteroatoms. The number of aromatic nitrogens is 1. The third kappa shape index (κ3) is 2.57. The Hall–Kier alpha value is -0.890. The molecule has 1 atom stereocenters. The molecule has 2 rings (SSSR count). The molecular weight excluding hydrogens is 184 g/mol. The molecule has 0 spiro atoms. The Labute approximate surface area is 92.1 Å². The predicted octanol–water partition coefficient (Wildman–Crippen LogP) is 2.55. The summed E-state index contributed by atoms with van der Waals surface area (Å²) in [7, 11) is 0. The average molecular weight is 204 g/mol. The van der Waals surface area contributed by atoms with Crippen LogP contribution in [0.1, 0.15) is 38.2 Å². The fraction of sp³-hybridized carbons (Fsp3) is 0.615. The number of pyridine rings is 1. The monoisotopic (exact) mass is 204 g/mol. The molecule has 1 aromatic heterocycles. The molecule has 82 valence electrons. The van der Waals surface area contributed by atoms with Gasteiger partial charge in [-0.25, -0.2) is 0 Å². The zero-order valence-corrected chi connectivity index (χ0v) is 9.50. The Morgan fingerprint density at radius 2 is 2.47 bits per heavy atom. The molecule has 15 heavy (non-hydrogen) atoms. The van der Waals surface area contributed by atoms with E-state index in [1.165, 1.54) is 37.8 Å². The molecule has 0 bridgehead atoms. The normalized spacial score (nSPS) is 25.7. The second-order valence-corrected chi connectivity index (χ2v) is 4.60. The van der Waals surface area contributed by atoms with Gasteiger partial charge in [-0.3, -0.25) is 4.98 Å². The number of nitrogens with one attached hydrogen (secondary N) is 1. The molecule has 2 nitrogen and oxygen atoms in total. The predicted molar refractivity (Wildman–Crippen MR) is 62.8 cm³/mol. The smallest absolute Gasteiger partial charge is 0.0300 e. The lowest BCUT2D eigenvalue weighted by Gasteiger charge is -2.29. The molecule has 1 aliphatic heterocycles. The second-order valence-electron chi connectivity index (χ2n) is 4.60. The lowest BCUT2D eigenvalue weighted by molar-refractivity contribution is 0.341. The van der Waals surface area contributed by atoms with E-state index in [-0.39, 0.29) is 0 Å². The van der Waals surface area contributed by atoms with Gasteiger partial charge in [0.15, 0.2) is 0 Å². The summed E-state index contributed by atoms with van der Waals surface area (Å²) in [6.07, 6.45) is 10.1. The Bertz CT molecular complexity index is 289. The first kappa shape index (κ1) is 10.6. The maximum atomic E-state index is 4.19. The Morgan fingerprint density at radius 1 is 1.53 bits per heavy atom. The van der Waals surface area contributed by atoms with Crippen LogP contribution < -0.4 is 5.32 Å². The van der Waals surface area contributed by atoms with E-state index in [1.54, 1.807) is 0 Å². The van der Waals surface area contributed by atoms with E-state index in [0.717, 1.165) is 6.42 Å². The minimum atomic E-state index is 0.359. The van der Waals surface area contributed by atoms with Crippen molar-refractivity contribution in [1.29, 1.82) is 0 Å². The van der Waals surface area contributed by atoms with Crippen molar-refractivity contribution in [3.8, 4) is 0 Å². The van der Waals surface area contributed by atoms with E-state index < -0.39 is 0 Å². The summed E-state index contributed by atoms with van der Waals surface area (Å²) in [4.78, 5) is 4.19. The second kappa shape index (κ2) is 4.75. The van der Waals surface area contributed by atoms with E-state index in [0.29, 0.717) is 5.54 Å². The van der Waals surface area contributed by atoms with Crippen LogP contribution in [0.5, 0.6) is 0 Å². The highest BCUT2D eigenvalue weighted by Crippen LogP contribution is 2.28. The highest BCUT2D eigenvalue weighted by Gasteiger charge is 2.32. The van der Waals surface area contributed by atoms with Gasteiger partial charge in [-0.15, -0.1) is 0 Å². The molecular formula is C13H20N2. The molecule has 1 aliphatic rings. The molecule has 0 radical (unpaired) electrons. The standard InChI is InChI=1S/C13H20N2/c1-2-6-13(7-4-9-15-13)10-12-5-3-8-14-11-12/h3,5,8,11,15H,2,4,6-7,9-10H2,1H3. The van der Waals surface area contributed by atoms with Gasteiger partial charge in [-0.1, -0.05) is 19.4 Å². The third-order valence-electron chi connectivity index (χ3n) is 3.33. The van der Waals surface area contributed by atoms with Gasteiger partial charge in [-0.05, 0) is 43.9 Å². The summed E-state index contributed by atoms with van der Waals surface area (Å²) in [5, 5.41) is 3.69.